The predicted octanol–water partition coefficient (Wildman–Crippen LogP) is 2.05. The number of hydrogen-bond acceptors (Lipinski definition) is 7. The van der Waals surface area contributed by atoms with Gasteiger partial charge in [0, 0.05) is 10.5 Å². The van der Waals surface area contributed by atoms with Crippen LogP contribution in [0.3, 0.4) is 0 Å². The molecule has 2 fully saturated rings. The van der Waals surface area contributed by atoms with Gasteiger partial charge in [-0.1, -0.05) is 60.7 Å². The van der Waals surface area contributed by atoms with Crippen molar-refractivity contribution in [3.63, 3.8) is 0 Å². The summed E-state index contributed by atoms with van der Waals surface area (Å²) in [6.45, 7) is 0.269. The Balaban J connectivity index is 1.47. The summed E-state index contributed by atoms with van der Waals surface area (Å²) in [6, 6.07) is 17.0. The quantitative estimate of drug-likeness (QED) is 0.619. The van der Waals surface area contributed by atoms with Gasteiger partial charge in [0.25, 0.3) is 6.04 Å². The third kappa shape index (κ3) is 3.91. The van der Waals surface area contributed by atoms with Gasteiger partial charge in [-0.2, -0.15) is 0 Å². The van der Waals surface area contributed by atoms with Crippen LogP contribution in [0, 0.1) is 10.1 Å². The number of ether oxygens (including phenoxy) is 4. The second-order valence-corrected chi connectivity index (χ2v) is 6.78. The highest BCUT2D eigenvalue weighted by molar-refractivity contribution is 5.17. The van der Waals surface area contributed by atoms with Crippen molar-refractivity contribution in [2.45, 2.75) is 43.5 Å². The van der Waals surface area contributed by atoms with Crippen molar-refractivity contribution in [1.82, 2.24) is 0 Å². The zero-order valence-corrected chi connectivity index (χ0v) is 15.0. The minimum absolute atomic E-state index is 0.133. The minimum Gasteiger partial charge on any atom is -0.383 e. The molecule has 2 aromatic rings. The van der Waals surface area contributed by atoms with Crippen LogP contribution >= 0.6 is 0 Å². The molecular weight excluding hydrogens is 366 g/mol. The van der Waals surface area contributed by atoms with Crippen LogP contribution in [0.2, 0.25) is 0 Å². The lowest BCUT2D eigenvalue weighted by Crippen LogP contribution is -2.64. The number of aliphatic hydroxyl groups is 1. The summed E-state index contributed by atoms with van der Waals surface area (Å²) in [4.78, 5) is 11.0. The molecule has 1 N–H and O–H groups in total. The molecule has 0 aliphatic carbocycles. The lowest BCUT2D eigenvalue weighted by molar-refractivity contribution is -0.579. The summed E-state index contributed by atoms with van der Waals surface area (Å²) in [5.41, 5.74) is 1.62. The zero-order valence-electron chi connectivity index (χ0n) is 15.0. The van der Waals surface area contributed by atoms with E-state index in [4.69, 9.17) is 18.9 Å². The molecule has 0 amide bonds. The van der Waals surface area contributed by atoms with E-state index in [0.29, 0.717) is 0 Å². The molecule has 0 radical (unpaired) electrons. The molecule has 2 aliphatic heterocycles. The topological polar surface area (TPSA) is 100 Å². The second-order valence-electron chi connectivity index (χ2n) is 6.78. The normalized spacial score (nSPS) is 32.5. The first-order chi connectivity index (χ1) is 13.6. The molecule has 2 aromatic carbocycles. The van der Waals surface area contributed by atoms with E-state index in [1.54, 1.807) is 0 Å². The van der Waals surface area contributed by atoms with Gasteiger partial charge < -0.3 is 24.1 Å². The van der Waals surface area contributed by atoms with Gasteiger partial charge in [0.05, 0.1) is 13.2 Å². The number of nitro groups is 1. The van der Waals surface area contributed by atoms with Gasteiger partial charge in [0.2, 0.25) is 6.29 Å². The third-order valence-electron chi connectivity index (χ3n) is 4.91. The fourth-order valence-corrected chi connectivity index (χ4v) is 3.47. The van der Waals surface area contributed by atoms with Crippen LogP contribution in [-0.2, 0) is 25.6 Å². The molecule has 8 heteroatoms. The number of fused-ring (bicyclic) bond motifs is 1. The average Bonchev–Trinajstić information content (AvgIpc) is 2.73. The van der Waals surface area contributed by atoms with Gasteiger partial charge >= 0.3 is 0 Å². The van der Waals surface area contributed by atoms with E-state index in [-0.39, 0.29) is 13.2 Å². The lowest BCUT2D eigenvalue weighted by Gasteiger charge is -2.44. The van der Waals surface area contributed by atoms with Crippen molar-refractivity contribution in [2.24, 2.45) is 0 Å². The maximum Gasteiger partial charge on any atom is 0.291 e. The Morgan fingerprint density at radius 2 is 1.75 bits per heavy atom. The first-order valence-electron chi connectivity index (χ1n) is 9.08. The van der Waals surface area contributed by atoms with E-state index in [1.807, 2.05) is 60.7 Å². The van der Waals surface area contributed by atoms with Crippen LogP contribution in [0.15, 0.2) is 60.7 Å². The Labute approximate surface area is 161 Å². The molecular formula is C20H21NO7. The van der Waals surface area contributed by atoms with Crippen LogP contribution in [0.1, 0.15) is 17.4 Å². The Bertz CT molecular complexity index is 788. The van der Waals surface area contributed by atoms with Crippen molar-refractivity contribution < 1.29 is 29.0 Å². The molecule has 148 valence electrons. The molecule has 4 rings (SSSR count). The molecule has 6 atom stereocenters. The number of rotatable bonds is 5. The van der Waals surface area contributed by atoms with Gasteiger partial charge in [-0.15, -0.1) is 0 Å². The Morgan fingerprint density at radius 1 is 1.07 bits per heavy atom. The van der Waals surface area contributed by atoms with Gasteiger partial charge in [-0.25, -0.2) is 0 Å². The standard InChI is InChI=1S/C20H21NO7/c22-17-16(21(23)24)20(25-11-13-7-3-1-4-8-13)27-15-12-26-19(28-18(15)17)14-9-5-2-6-10-14/h1-10,15-20,22H,11-12H2/t15-,16-,17+,18-,19-,20-/m1/s1. The second kappa shape index (κ2) is 8.34. The summed E-state index contributed by atoms with van der Waals surface area (Å²) in [5.74, 6) is 0. The van der Waals surface area contributed by atoms with Gasteiger partial charge in [-0.3, -0.25) is 10.1 Å². The van der Waals surface area contributed by atoms with Gasteiger partial charge in [0.1, 0.15) is 12.2 Å². The van der Waals surface area contributed by atoms with Crippen LogP contribution in [-0.4, -0.2) is 47.3 Å². The monoisotopic (exact) mass is 387 g/mol. The highest BCUT2D eigenvalue weighted by Crippen LogP contribution is 2.35. The molecule has 0 unspecified atom stereocenters. The molecule has 0 aromatic heterocycles. The first kappa shape index (κ1) is 19.0. The van der Waals surface area contributed by atoms with Crippen LogP contribution in [0.4, 0.5) is 0 Å². The molecule has 28 heavy (non-hydrogen) atoms. The largest absolute Gasteiger partial charge is 0.383 e. The first-order valence-corrected chi connectivity index (χ1v) is 9.08. The molecule has 8 nitrogen and oxygen atoms in total. The summed E-state index contributed by atoms with van der Waals surface area (Å²) in [7, 11) is 0. The lowest BCUT2D eigenvalue weighted by atomic mass is 9.96. The summed E-state index contributed by atoms with van der Waals surface area (Å²) < 4.78 is 22.9. The third-order valence-corrected chi connectivity index (χ3v) is 4.91. The fraction of sp³-hybridized carbons (Fsp3) is 0.400. The molecule has 0 spiro atoms. The van der Waals surface area contributed by atoms with Crippen LogP contribution in [0.25, 0.3) is 0 Å². The van der Waals surface area contributed by atoms with E-state index in [9.17, 15) is 15.2 Å². The van der Waals surface area contributed by atoms with Crippen molar-refractivity contribution in [3.05, 3.63) is 81.9 Å². The SMILES string of the molecule is O=[N+]([O-])[C@H]1[C@H](OCc2ccccc2)O[C@@H]2CO[C@@H](c3ccccc3)O[C@H]2[C@H]1O. The van der Waals surface area contributed by atoms with E-state index in [0.717, 1.165) is 11.1 Å². The van der Waals surface area contributed by atoms with Crippen molar-refractivity contribution in [3.8, 4) is 0 Å². The predicted molar refractivity (Wildman–Crippen MR) is 96.7 cm³/mol. The Morgan fingerprint density at radius 3 is 2.43 bits per heavy atom. The van der Waals surface area contributed by atoms with E-state index in [1.165, 1.54) is 0 Å². The molecule has 2 heterocycles. The minimum atomic E-state index is -1.46. The van der Waals surface area contributed by atoms with Crippen molar-refractivity contribution in [2.75, 3.05) is 6.61 Å². The molecule has 2 saturated heterocycles. The molecule has 2 aliphatic rings. The summed E-state index contributed by atoms with van der Waals surface area (Å²) in [6.07, 6.45) is -4.84. The van der Waals surface area contributed by atoms with Crippen LogP contribution in [0.5, 0.6) is 0 Å². The van der Waals surface area contributed by atoms with Crippen molar-refractivity contribution in [1.29, 1.82) is 0 Å². The maximum absolute atomic E-state index is 11.6. The Kier molecular flexibility index (Phi) is 5.65. The van der Waals surface area contributed by atoms with Crippen molar-refractivity contribution >= 4 is 0 Å². The fourth-order valence-electron chi connectivity index (χ4n) is 3.47. The van der Waals surface area contributed by atoms with E-state index in [2.05, 4.69) is 0 Å². The number of nitrogens with zero attached hydrogens (tertiary/aromatic N) is 1. The smallest absolute Gasteiger partial charge is 0.291 e. The molecule has 0 saturated carbocycles. The van der Waals surface area contributed by atoms with Crippen LogP contribution < -0.4 is 0 Å². The highest BCUT2D eigenvalue weighted by Gasteiger charge is 2.55. The summed E-state index contributed by atoms with van der Waals surface area (Å²) >= 11 is 0. The van der Waals surface area contributed by atoms with Gasteiger partial charge in [-0.05, 0) is 5.56 Å². The maximum atomic E-state index is 11.6. The number of aliphatic hydroxyl groups excluding tert-OH is 1. The number of hydrogen-bond donors (Lipinski definition) is 1. The zero-order chi connectivity index (χ0) is 19.5. The van der Waals surface area contributed by atoms with Gasteiger partial charge in [0.15, 0.2) is 12.4 Å². The Hall–Kier alpha value is -2.36. The summed E-state index contributed by atoms with van der Waals surface area (Å²) in [5, 5.41) is 22.3. The highest BCUT2D eigenvalue weighted by atomic mass is 16.8. The average molecular weight is 387 g/mol. The molecule has 0 bridgehead atoms. The van der Waals surface area contributed by atoms with E-state index >= 15 is 0 Å². The number of benzene rings is 2. The van der Waals surface area contributed by atoms with E-state index < -0.39 is 41.9 Å².